The Bertz CT molecular complexity index is 634. The van der Waals surface area contributed by atoms with E-state index in [1.54, 1.807) is 12.4 Å². The van der Waals surface area contributed by atoms with E-state index in [2.05, 4.69) is 19.3 Å². The van der Waals surface area contributed by atoms with E-state index in [-0.39, 0.29) is 6.10 Å². The normalized spacial score (nSPS) is 27.7. The molecule has 1 saturated carbocycles. The molecular formula is C17H24N4O. The number of nitrogens with zero attached hydrogens (tertiary/aromatic N) is 4. The van der Waals surface area contributed by atoms with Crippen molar-refractivity contribution in [1.82, 2.24) is 19.3 Å². The highest BCUT2D eigenvalue weighted by atomic mass is 16.3. The summed E-state index contributed by atoms with van der Waals surface area (Å²) in [6.45, 7) is 1.66. The Kier molecular flexibility index (Phi) is 3.84. The van der Waals surface area contributed by atoms with Gasteiger partial charge in [-0.3, -0.25) is 14.3 Å². The van der Waals surface area contributed by atoms with Gasteiger partial charge in [-0.1, -0.05) is 19.3 Å². The number of aromatic nitrogens is 3. The fourth-order valence-corrected chi connectivity index (χ4v) is 4.32. The minimum Gasteiger partial charge on any atom is -0.392 e. The van der Waals surface area contributed by atoms with Gasteiger partial charge in [0.25, 0.3) is 0 Å². The van der Waals surface area contributed by atoms with Crippen LogP contribution >= 0.6 is 0 Å². The van der Waals surface area contributed by atoms with Gasteiger partial charge >= 0.3 is 0 Å². The number of rotatable bonds is 3. The molecule has 118 valence electrons. The third-order valence-electron chi connectivity index (χ3n) is 5.38. The molecule has 2 aliphatic rings. The van der Waals surface area contributed by atoms with Crippen molar-refractivity contribution in [1.29, 1.82) is 0 Å². The van der Waals surface area contributed by atoms with Gasteiger partial charge < -0.3 is 5.11 Å². The first-order chi connectivity index (χ1) is 10.8. The average Bonchev–Trinajstić information content (AvgIpc) is 3.13. The van der Waals surface area contributed by atoms with E-state index in [1.807, 2.05) is 12.4 Å². The van der Waals surface area contributed by atoms with Gasteiger partial charge in [-0.15, -0.1) is 0 Å². The fourth-order valence-electron chi connectivity index (χ4n) is 4.32. The molecule has 2 atom stereocenters. The van der Waals surface area contributed by atoms with Gasteiger partial charge in [0.2, 0.25) is 0 Å². The maximum absolute atomic E-state index is 10.2. The monoisotopic (exact) mass is 300 g/mol. The number of hydrogen-bond acceptors (Lipinski definition) is 4. The Morgan fingerprint density at radius 3 is 2.91 bits per heavy atom. The maximum atomic E-state index is 10.2. The standard InChI is InChI=1S/C17H24N4O/c22-15-8-16(13-4-2-1-3-5-13)20(12-15)11-14-9-19-17-10-18-6-7-21(14)17/h6-7,9-10,13,15-16,22H,1-5,8,11-12H2/t15-,16+/m0/s1. The summed E-state index contributed by atoms with van der Waals surface area (Å²) in [7, 11) is 0. The lowest BCUT2D eigenvalue weighted by Crippen LogP contribution is -2.36. The summed E-state index contributed by atoms with van der Waals surface area (Å²) in [4.78, 5) is 11.0. The van der Waals surface area contributed by atoms with Crippen molar-refractivity contribution in [2.45, 2.75) is 57.2 Å². The van der Waals surface area contributed by atoms with E-state index in [1.165, 1.54) is 37.8 Å². The smallest absolute Gasteiger partial charge is 0.155 e. The highest BCUT2D eigenvalue weighted by molar-refractivity contribution is 5.36. The summed E-state index contributed by atoms with van der Waals surface area (Å²) >= 11 is 0. The molecule has 2 fully saturated rings. The van der Waals surface area contributed by atoms with Gasteiger partial charge in [0.1, 0.15) is 0 Å². The van der Waals surface area contributed by atoms with Crippen LogP contribution in [0.1, 0.15) is 44.2 Å². The highest BCUT2D eigenvalue weighted by Gasteiger charge is 2.36. The molecule has 0 bridgehead atoms. The van der Waals surface area contributed by atoms with E-state index >= 15 is 0 Å². The van der Waals surface area contributed by atoms with Crippen LogP contribution < -0.4 is 0 Å². The molecule has 0 spiro atoms. The van der Waals surface area contributed by atoms with E-state index in [4.69, 9.17) is 0 Å². The number of aliphatic hydroxyl groups is 1. The molecule has 0 radical (unpaired) electrons. The molecule has 0 amide bonds. The lowest BCUT2D eigenvalue weighted by atomic mass is 9.82. The Balaban J connectivity index is 1.54. The zero-order chi connectivity index (χ0) is 14.9. The second kappa shape index (κ2) is 5.97. The van der Waals surface area contributed by atoms with Crippen LogP contribution in [0.5, 0.6) is 0 Å². The lowest BCUT2D eigenvalue weighted by Gasteiger charge is -2.33. The summed E-state index contributed by atoms with van der Waals surface area (Å²) in [6.07, 6.45) is 15.0. The Hall–Kier alpha value is -1.46. The Morgan fingerprint density at radius 2 is 2.05 bits per heavy atom. The van der Waals surface area contributed by atoms with Crippen molar-refractivity contribution < 1.29 is 5.11 Å². The second-order valence-electron chi connectivity index (χ2n) is 6.84. The van der Waals surface area contributed by atoms with E-state index in [0.29, 0.717) is 6.04 Å². The van der Waals surface area contributed by atoms with E-state index in [0.717, 1.165) is 31.1 Å². The van der Waals surface area contributed by atoms with Gasteiger partial charge in [-0.05, 0) is 25.2 Å². The number of imidazole rings is 1. The number of aliphatic hydroxyl groups excluding tert-OH is 1. The van der Waals surface area contributed by atoms with Crippen molar-refractivity contribution >= 4 is 5.65 Å². The van der Waals surface area contributed by atoms with Crippen molar-refractivity contribution in [3.63, 3.8) is 0 Å². The van der Waals surface area contributed by atoms with Crippen LogP contribution in [-0.4, -0.2) is 43.1 Å². The van der Waals surface area contributed by atoms with E-state index < -0.39 is 0 Å². The van der Waals surface area contributed by atoms with Crippen LogP contribution in [0.25, 0.3) is 5.65 Å². The molecule has 1 aliphatic carbocycles. The first-order valence-corrected chi connectivity index (χ1v) is 8.49. The van der Waals surface area contributed by atoms with Gasteiger partial charge in [-0.25, -0.2) is 4.98 Å². The lowest BCUT2D eigenvalue weighted by molar-refractivity contribution is 0.146. The summed E-state index contributed by atoms with van der Waals surface area (Å²) in [5, 5.41) is 10.2. The van der Waals surface area contributed by atoms with Crippen LogP contribution in [0.2, 0.25) is 0 Å². The average molecular weight is 300 g/mol. The number of hydrogen-bond donors (Lipinski definition) is 1. The molecule has 1 aliphatic heterocycles. The van der Waals surface area contributed by atoms with Crippen molar-refractivity contribution in [2.24, 2.45) is 5.92 Å². The molecule has 2 aromatic heterocycles. The minimum absolute atomic E-state index is 0.173. The zero-order valence-corrected chi connectivity index (χ0v) is 12.9. The van der Waals surface area contributed by atoms with Gasteiger partial charge in [-0.2, -0.15) is 0 Å². The molecule has 5 heteroatoms. The highest BCUT2D eigenvalue weighted by Crippen LogP contribution is 2.35. The zero-order valence-electron chi connectivity index (χ0n) is 12.9. The second-order valence-corrected chi connectivity index (χ2v) is 6.84. The van der Waals surface area contributed by atoms with Gasteiger partial charge in [0, 0.05) is 31.5 Å². The van der Waals surface area contributed by atoms with Crippen LogP contribution in [0.4, 0.5) is 0 Å². The third kappa shape index (κ3) is 2.63. The molecule has 1 N–H and O–H groups in total. The first-order valence-electron chi connectivity index (χ1n) is 8.49. The van der Waals surface area contributed by atoms with Crippen LogP contribution in [0.3, 0.4) is 0 Å². The molecule has 5 nitrogen and oxygen atoms in total. The molecule has 1 saturated heterocycles. The predicted octanol–water partition coefficient (Wildman–Crippen LogP) is 2.24. The molecule has 2 aromatic rings. The fraction of sp³-hybridized carbons (Fsp3) is 0.647. The molecule has 0 aromatic carbocycles. The number of fused-ring (bicyclic) bond motifs is 1. The van der Waals surface area contributed by atoms with Crippen LogP contribution in [-0.2, 0) is 6.54 Å². The topological polar surface area (TPSA) is 53.7 Å². The summed E-state index contributed by atoms with van der Waals surface area (Å²) < 4.78 is 2.11. The summed E-state index contributed by atoms with van der Waals surface area (Å²) in [5.74, 6) is 0.756. The largest absolute Gasteiger partial charge is 0.392 e. The molecule has 0 unspecified atom stereocenters. The van der Waals surface area contributed by atoms with Crippen molar-refractivity contribution in [3.8, 4) is 0 Å². The summed E-state index contributed by atoms with van der Waals surface area (Å²) in [5.41, 5.74) is 2.08. The first kappa shape index (κ1) is 14.2. The predicted molar refractivity (Wildman–Crippen MR) is 84.4 cm³/mol. The van der Waals surface area contributed by atoms with Crippen molar-refractivity contribution in [2.75, 3.05) is 6.54 Å². The minimum atomic E-state index is -0.173. The van der Waals surface area contributed by atoms with Gasteiger partial charge in [0.05, 0.1) is 24.2 Å². The SMILES string of the molecule is O[C@H]1C[C@H](C2CCCCC2)N(Cc2cnc3cnccn23)C1. The van der Waals surface area contributed by atoms with Crippen LogP contribution in [0.15, 0.2) is 24.8 Å². The van der Waals surface area contributed by atoms with Crippen molar-refractivity contribution in [3.05, 3.63) is 30.5 Å². The van der Waals surface area contributed by atoms with Crippen LogP contribution in [0, 0.1) is 5.92 Å². The maximum Gasteiger partial charge on any atom is 0.155 e. The number of likely N-dealkylation sites (tertiary alicyclic amines) is 1. The Morgan fingerprint density at radius 1 is 1.18 bits per heavy atom. The van der Waals surface area contributed by atoms with E-state index in [9.17, 15) is 5.11 Å². The number of β-amino-alcohol motifs (C(OH)–C–C–N with tert-alkyl or cyclic N) is 1. The van der Waals surface area contributed by atoms with Gasteiger partial charge in [0.15, 0.2) is 5.65 Å². The molecule has 4 rings (SSSR count). The molecule has 22 heavy (non-hydrogen) atoms. The molecular weight excluding hydrogens is 276 g/mol. The third-order valence-corrected chi connectivity index (χ3v) is 5.38. The Labute approximate surface area is 131 Å². The molecule has 3 heterocycles. The summed E-state index contributed by atoms with van der Waals surface area (Å²) in [6, 6.07) is 0.530. The quantitative estimate of drug-likeness (QED) is 0.944.